The first-order chi connectivity index (χ1) is 11.3. The maximum Gasteiger partial charge on any atom is 0.413 e. The number of hydrogen-bond acceptors (Lipinski definition) is 5. The number of halogens is 3. The Balaban J connectivity index is 3.56. The van der Waals surface area contributed by atoms with Crippen LogP contribution in [0, 0.1) is 0 Å². The molecule has 0 fully saturated rings. The van der Waals surface area contributed by atoms with Crippen molar-refractivity contribution in [2.45, 2.75) is 50.9 Å². The first-order valence-corrected chi connectivity index (χ1v) is 8.81. The molecule has 0 saturated carbocycles. The van der Waals surface area contributed by atoms with E-state index in [2.05, 4.69) is 9.72 Å². The lowest BCUT2D eigenvalue weighted by atomic mass is 10.1. The molecule has 0 aromatic carbocycles. The summed E-state index contributed by atoms with van der Waals surface area (Å²) in [6.07, 6.45) is -7.07. The SMILES string of the molecule is CCS(=O)(=O)c1cc(OC(F)C(F)F)cnc1N(C(=O)O)C(C)(C)C. The van der Waals surface area contributed by atoms with Crippen LogP contribution in [0.2, 0.25) is 0 Å². The molecular weight excluding hydrogens is 365 g/mol. The van der Waals surface area contributed by atoms with E-state index in [1.54, 1.807) is 0 Å². The third kappa shape index (κ3) is 4.97. The number of rotatable bonds is 6. The third-order valence-corrected chi connectivity index (χ3v) is 4.77. The van der Waals surface area contributed by atoms with Crippen molar-refractivity contribution in [2.75, 3.05) is 10.7 Å². The van der Waals surface area contributed by atoms with E-state index in [1.165, 1.54) is 27.7 Å². The Morgan fingerprint density at radius 1 is 1.36 bits per heavy atom. The molecule has 0 aliphatic rings. The highest BCUT2D eigenvalue weighted by atomic mass is 32.2. The maximum atomic E-state index is 13.0. The van der Waals surface area contributed by atoms with Crippen LogP contribution in [0.3, 0.4) is 0 Å². The molecule has 1 rings (SSSR count). The molecule has 1 aromatic rings. The zero-order valence-electron chi connectivity index (χ0n) is 14.0. The fraction of sp³-hybridized carbons (Fsp3) is 0.571. The highest BCUT2D eigenvalue weighted by molar-refractivity contribution is 7.91. The van der Waals surface area contributed by atoms with Crippen LogP contribution in [-0.2, 0) is 9.84 Å². The van der Waals surface area contributed by atoms with Crippen LogP contribution in [-0.4, -0.2) is 48.7 Å². The monoisotopic (exact) mass is 384 g/mol. The minimum atomic E-state index is -4.00. The Labute approximate surface area is 143 Å². The Morgan fingerprint density at radius 3 is 2.32 bits per heavy atom. The molecule has 0 aliphatic heterocycles. The van der Waals surface area contributed by atoms with Crippen molar-refractivity contribution >= 4 is 21.7 Å². The fourth-order valence-corrected chi connectivity index (χ4v) is 2.94. The molecule has 1 unspecified atom stereocenters. The lowest BCUT2D eigenvalue weighted by molar-refractivity contribution is -0.0671. The molecule has 1 atom stereocenters. The molecule has 0 radical (unpaired) electrons. The van der Waals surface area contributed by atoms with Crippen molar-refractivity contribution in [1.82, 2.24) is 4.98 Å². The number of hydrogen-bond donors (Lipinski definition) is 1. The van der Waals surface area contributed by atoms with Crippen molar-refractivity contribution in [3.8, 4) is 5.75 Å². The Hall–Kier alpha value is -2.04. The summed E-state index contributed by atoms with van der Waals surface area (Å²) in [6.45, 7) is 5.86. The number of carboxylic acid groups (broad SMARTS) is 1. The van der Waals surface area contributed by atoms with Gasteiger partial charge in [0.05, 0.1) is 11.9 Å². The van der Waals surface area contributed by atoms with Crippen molar-refractivity contribution in [3.63, 3.8) is 0 Å². The average molecular weight is 384 g/mol. The number of alkyl halides is 3. The standard InChI is InChI=1S/C14H19F3N2O5S/c1-5-25(22,23)9-6-8(24-11(17)10(15)16)7-18-12(9)19(13(20)21)14(2,3)4/h6-7,10-11H,5H2,1-4H3,(H,20,21). The van der Waals surface area contributed by atoms with Crippen LogP contribution in [0.5, 0.6) is 5.75 Å². The molecule has 1 amide bonds. The van der Waals surface area contributed by atoms with E-state index in [0.29, 0.717) is 0 Å². The van der Waals surface area contributed by atoms with Gasteiger partial charge in [-0.2, -0.15) is 4.39 Å². The summed E-state index contributed by atoms with van der Waals surface area (Å²) in [4.78, 5) is 15.5. The van der Waals surface area contributed by atoms with Gasteiger partial charge in [0.2, 0.25) is 0 Å². The third-order valence-electron chi connectivity index (χ3n) is 3.04. The molecule has 0 bridgehead atoms. The maximum absolute atomic E-state index is 13.0. The molecular formula is C14H19F3N2O5S. The largest absolute Gasteiger partial charge is 0.465 e. The number of aromatic nitrogens is 1. The van der Waals surface area contributed by atoms with E-state index >= 15 is 0 Å². The van der Waals surface area contributed by atoms with Gasteiger partial charge in [-0.05, 0) is 20.8 Å². The molecule has 7 nitrogen and oxygen atoms in total. The summed E-state index contributed by atoms with van der Waals surface area (Å²) in [6, 6.07) is 0.789. The van der Waals surface area contributed by atoms with Crippen LogP contribution in [0.25, 0.3) is 0 Å². The van der Waals surface area contributed by atoms with E-state index in [0.717, 1.165) is 17.2 Å². The van der Waals surface area contributed by atoms with E-state index in [1.807, 2.05) is 0 Å². The van der Waals surface area contributed by atoms with Gasteiger partial charge in [-0.1, -0.05) is 6.92 Å². The zero-order valence-corrected chi connectivity index (χ0v) is 14.8. The van der Waals surface area contributed by atoms with Gasteiger partial charge in [-0.3, -0.25) is 4.90 Å². The van der Waals surface area contributed by atoms with Crippen molar-refractivity contribution in [1.29, 1.82) is 0 Å². The number of amides is 1. The summed E-state index contributed by atoms with van der Waals surface area (Å²) in [5.74, 6) is -1.37. The minimum absolute atomic E-state index is 0.406. The van der Waals surface area contributed by atoms with Crippen molar-refractivity contribution in [2.24, 2.45) is 0 Å². The Morgan fingerprint density at radius 2 is 1.92 bits per heavy atom. The van der Waals surface area contributed by atoms with Gasteiger partial charge < -0.3 is 9.84 Å². The number of anilines is 1. The van der Waals surface area contributed by atoms with E-state index in [-0.39, 0.29) is 0 Å². The van der Waals surface area contributed by atoms with Gasteiger partial charge in [-0.15, -0.1) is 0 Å². The Bertz CT molecular complexity index is 734. The number of carbonyl (C=O) groups is 1. The normalized spacial score (nSPS) is 13.6. The van der Waals surface area contributed by atoms with E-state index in [9.17, 15) is 31.5 Å². The van der Waals surface area contributed by atoms with Crippen LogP contribution in [0.1, 0.15) is 27.7 Å². The lowest BCUT2D eigenvalue weighted by Gasteiger charge is -2.33. The Kier molecular flexibility index (Phi) is 6.27. The number of ether oxygens (including phenoxy) is 1. The lowest BCUT2D eigenvalue weighted by Crippen LogP contribution is -2.46. The van der Waals surface area contributed by atoms with Crippen molar-refractivity contribution in [3.05, 3.63) is 12.3 Å². The molecule has 0 spiro atoms. The summed E-state index contributed by atoms with van der Waals surface area (Å²) in [5, 5.41) is 9.41. The summed E-state index contributed by atoms with van der Waals surface area (Å²) >= 11 is 0. The minimum Gasteiger partial charge on any atom is -0.465 e. The molecule has 1 aromatic heterocycles. The molecule has 0 saturated heterocycles. The second kappa shape index (κ2) is 7.46. The fourth-order valence-electron chi connectivity index (χ4n) is 1.91. The first-order valence-electron chi connectivity index (χ1n) is 7.16. The number of nitrogens with zero attached hydrogens (tertiary/aromatic N) is 2. The highest BCUT2D eigenvalue weighted by Crippen LogP contribution is 2.32. The molecule has 0 aliphatic carbocycles. The molecule has 142 valence electrons. The van der Waals surface area contributed by atoms with Gasteiger partial charge in [0.25, 0.3) is 6.36 Å². The molecule has 11 heteroatoms. The quantitative estimate of drug-likeness (QED) is 0.810. The number of sulfone groups is 1. The van der Waals surface area contributed by atoms with Crippen molar-refractivity contribution < 1.29 is 36.2 Å². The van der Waals surface area contributed by atoms with Gasteiger partial charge >= 0.3 is 12.5 Å². The van der Waals surface area contributed by atoms with E-state index < -0.39 is 56.5 Å². The predicted molar refractivity (Wildman–Crippen MR) is 83.7 cm³/mol. The van der Waals surface area contributed by atoms with Gasteiger partial charge in [0, 0.05) is 11.6 Å². The topological polar surface area (TPSA) is 96.8 Å². The summed E-state index contributed by atoms with van der Waals surface area (Å²) in [5.41, 5.74) is -1.05. The number of pyridine rings is 1. The van der Waals surface area contributed by atoms with Crippen LogP contribution in [0.4, 0.5) is 23.8 Å². The smallest absolute Gasteiger partial charge is 0.413 e. The second-order valence-corrected chi connectivity index (χ2v) is 8.24. The van der Waals surface area contributed by atoms with Crippen LogP contribution >= 0.6 is 0 Å². The summed E-state index contributed by atoms with van der Waals surface area (Å²) < 4.78 is 66.5. The van der Waals surface area contributed by atoms with Gasteiger partial charge in [0.1, 0.15) is 10.6 Å². The molecule has 1 heterocycles. The van der Waals surface area contributed by atoms with Crippen LogP contribution < -0.4 is 9.64 Å². The zero-order chi connectivity index (χ0) is 19.6. The van der Waals surface area contributed by atoms with Crippen LogP contribution in [0.15, 0.2) is 17.2 Å². The molecule has 1 N–H and O–H groups in total. The second-order valence-electron chi connectivity index (χ2n) is 5.99. The average Bonchev–Trinajstić information content (AvgIpc) is 2.46. The van der Waals surface area contributed by atoms with Gasteiger partial charge in [0.15, 0.2) is 15.7 Å². The molecule has 25 heavy (non-hydrogen) atoms. The summed E-state index contributed by atoms with van der Waals surface area (Å²) in [7, 11) is -4.00. The first kappa shape index (κ1) is 21.0. The van der Waals surface area contributed by atoms with E-state index in [4.69, 9.17) is 0 Å². The predicted octanol–water partition coefficient (Wildman–Crippen LogP) is 3.10. The van der Waals surface area contributed by atoms with Gasteiger partial charge in [-0.25, -0.2) is 27.0 Å². The highest BCUT2D eigenvalue weighted by Gasteiger charge is 2.34.